The van der Waals surface area contributed by atoms with E-state index in [2.05, 4.69) is 5.32 Å². The topological polar surface area (TPSA) is 78.8 Å². The average molecular weight is 219 g/mol. The fourth-order valence-electron chi connectivity index (χ4n) is 1.13. The lowest BCUT2D eigenvalue weighted by Gasteiger charge is -2.16. The van der Waals surface area contributed by atoms with Gasteiger partial charge in [-0.2, -0.15) is 0 Å². The maximum absolute atomic E-state index is 11.0. The fourth-order valence-corrected chi connectivity index (χ4v) is 1.13. The van der Waals surface area contributed by atoms with E-state index in [1.54, 1.807) is 6.92 Å². The van der Waals surface area contributed by atoms with Gasteiger partial charge in [0.15, 0.2) is 0 Å². The number of hydrogen-bond donors (Lipinski definition) is 3. The predicted octanol–water partition coefficient (Wildman–Crippen LogP) is -0.339. The van der Waals surface area contributed by atoms with Gasteiger partial charge in [-0.15, -0.1) is 0 Å². The Bertz CT molecular complexity index is 171. The molecule has 0 aromatic heterocycles. The highest BCUT2D eigenvalue weighted by atomic mass is 16.5. The second-order valence-electron chi connectivity index (χ2n) is 3.36. The molecule has 0 aromatic carbocycles. The molecule has 0 aliphatic rings. The highest BCUT2D eigenvalue weighted by molar-refractivity contribution is 5.69. The number of aliphatic hydroxyl groups excluding tert-OH is 2. The molecule has 2 unspecified atom stereocenters. The summed E-state index contributed by atoms with van der Waals surface area (Å²) in [6, 6.07) is -0.0261. The molecule has 0 fully saturated rings. The van der Waals surface area contributed by atoms with Gasteiger partial charge in [-0.1, -0.05) is 6.92 Å². The van der Waals surface area contributed by atoms with Crippen LogP contribution in [0, 0.1) is 0 Å². The Morgan fingerprint density at radius 3 is 2.60 bits per heavy atom. The van der Waals surface area contributed by atoms with Crippen LogP contribution in [-0.4, -0.2) is 48.1 Å². The van der Waals surface area contributed by atoms with Crippen molar-refractivity contribution in [3.8, 4) is 0 Å². The minimum Gasteiger partial charge on any atom is -0.466 e. The van der Waals surface area contributed by atoms with Crippen LogP contribution < -0.4 is 5.32 Å². The van der Waals surface area contributed by atoms with Crippen LogP contribution in [-0.2, 0) is 9.53 Å². The third-order valence-corrected chi connectivity index (χ3v) is 2.06. The summed E-state index contributed by atoms with van der Waals surface area (Å²) in [6.45, 7) is 4.31. The molecule has 0 aliphatic heterocycles. The van der Waals surface area contributed by atoms with Crippen LogP contribution in [0.1, 0.15) is 26.7 Å². The van der Waals surface area contributed by atoms with E-state index in [4.69, 9.17) is 9.84 Å². The number of ether oxygens (including phenoxy) is 1. The average Bonchev–Trinajstić information content (AvgIpc) is 2.19. The molecule has 0 rings (SSSR count). The van der Waals surface area contributed by atoms with E-state index in [0.717, 1.165) is 6.42 Å². The molecule has 3 N–H and O–H groups in total. The van der Waals surface area contributed by atoms with E-state index in [1.165, 1.54) is 0 Å². The van der Waals surface area contributed by atoms with E-state index in [0.29, 0.717) is 6.61 Å². The maximum atomic E-state index is 11.0. The Labute approximate surface area is 90.4 Å². The molecular formula is C10H21NO4. The van der Waals surface area contributed by atoms with Crippen LogP contribution in [0.4, 0.5) is 0 Å². The van der Waals surface area contributed by atoms with Crippen LogP contribution in [0.25, 0.3) is 0 Å². The van der Waals surface area contributed by atoms with Gasteiger partial charge in [0, 0.05) is 12.6 Å². The van der Waals surface area contributed by atoms with Gasteiger partial charge >= 0.3 is 5.97 Å². The van der Waals surface area contributed by atoms with Crippen molar-refractivity contribution in [3.63, 3.8) is 0 Å². The van der Waals surface area contributed by atoms with E-state index < -0.39 is 12.1 Å². The maximum Gasteiger partial charge on any atom is 0.308 e. The lowest BCUT2D eigenvalue weighted by atomic mass is 10.2. The van der Waals surface area contributed by atoms with Crippen LogP contribution >= 0.6 is 0 Å². The summed E-state index contributed by atoms with van der Waals surface area (Å²) in [5, 5.41) is 21.3. The molecule has 5 heteroatoms. The third-order valence-electron chi connectivity index (χ3n) is 2.06. The molecule has 0 aliphatic carbocycles. The number of carbonyl (C=O) groups is 1. The summed E-state index contributed by atoms with van der Waals surface area (Å²) >= 11 is 0. The zero-order valence-electron chi connectivity index (χ0n) is 9.40. The summed E-state index contributed by atoms with van der Waals surface area (Å²) in [4.78, 5) is 11.0. The molecule has 0 aromatic rings. The lowest BCUT2D eigenvalue weighted by molar-refractivity contribution is -0.145. The number of hydrogen-bond acceptors (Lipinski definition) is 5. The Morgan fingerprint density at radius 2 is 2.13 bits per heavy atom. The highest BCUT2D eigenvalue weighted by Crippen LogP contribution is 1.95. The van der Waals surface area contributed by atoms with Gasteiger partial charge in [-0.05, 0) is 13.3 Å². The molecule has 90 valence electrons. The number of esters is 1. The van der Waals surface area contributed by atoms with Crippen molar-refractivity contribution in [1.29, 1.82) is 0 Å². The third kappa shape index (κ3) is 7.30. The summed E-state index contributed by atoms with van der Waals surface area (Å²) in [7, 11) is 0. The smallest absolute Gasteiger partial charge is 0.308 e. The molecule has 0 saturated heterocycles. The Balaban J connectivity index is 3.64. The number of nitrogens with one attached hydrogen (secondary N) is 1. The van der Waals surface area contributed by atoms with E-state index in [-0.39, 0.29) is 25.6 Å². The largest absolute Gasteiger partial charge is 0.466 e. The summed E-state index contributed by atoms with van der Waals surface area (Å²) in [6.07, 6.45) is 0.00959. The summed E-state index contributed by atoms with van der Waals surface area (Å²) < 4.78 is 4.70. The summed E-state index contributed by atoms with van der Waals surface area (Å²) in [5.74, 6) is -0.399. The van der Waals surface area contributed by atoms with Crippen molar-refractivity contribution in [2.24, 2.45) is 0 Å². The minimum absolute atomic E-state index is 0.0112. The first kappa shape index (κ1) is 14.3. The number of rotatable bonds is 8. The van der Waals surface area contributed by atoms with Gasteiger partial charge in [0.1, 0.15) is 0 Å². The van der Waals surface area contributed by atoms with Crippen molar-refractivity contribution >= 4 is 5.97 Å². The first-order valence-corrected chi connectivity index (χ1v) is 5.31. The monoisotopic (exact) mass is 219 g/mol. The van der Waals surface area contributed by atoms with Crippen LogP contribution in [0.15, 0.2) is 0 Å². The molecule has 0 amide bonds. The van der Waals surface area contributed by atoms with Gasteiger partial charge in [0.25, 0.3) is 0 Å². The SMILES string of the molecule is CCOC(=O)CC(O)CNC(CC)CO. The standard InChI is InChI=1S/C10H21NO4/c1-3-8(7-12)11-6-9(13)5-10(14)15-4-2/h8-9,11-13H,3-7H2,1-2H3. The van der Waals surface area contributed by atoms with Crippen LogP contribution in [0.2, 0.25) is 0 Å². The minimum atomic E-state index is -0.760. The fraction of sp³-hybridized carbons (Fsp3) is 0.900. The normalized spacial score (nSPS) is 14.7. The van der Waals surface area contributed by atoms with Crippen molar-refractivity contribution < 1.29 is 19.7 Å². The van der Waals surface area contributed by atoms with Gasteiger partial charge in [-0.3, -0.25) is 4.79 Å². The van der Waals surface area contributed by atoms with E-state index in [9.17, 15) is 9.90 Å². The van der Waals surface area contributed by atoms with Crippen LogP contribution in [0.5, 0.6) is 0 Å². The number of aliphatic hydroxyl groups is 2. The Hall–Kier alpha value is -0.650. The second kappa shape index (κ2) is 8.64. The first-order valence-electron chi connectivity index (χ1n) is 5.31. The van der Waals surface area contributed by atoms with E-state index >= 15 is 0 Å². The zero-order valence-corrected chi connectivity index (χ0v) is 9.40. The highest BCUT2D eigenvalue weighted by Gasteiger charge is 2.13. The van der Waals surface area contributed by atoms with Gasteiger partial charge in [0.05, 0.1) is 25.7 Å². The van der Waals surface area contributed by atoms with Gasteiger partial charge in [-0.25, -0.2) is 0 Å². The summed E-state index contributed by atoms with van der Waals surface area (Å²) in [5.41, 5.74) is 0. The lowest BCUT2D eigenvalue weighted by Crippen LogP contribution is -2.38. The van der Waals surface area contributed by atoms with Crippen molar-refractivity contribution in [3.05, 3.63) is 0 Å². The molecule has 0 heterocycles. The Kier molecular flexibility index (Phi) is 8.27. The molecule has 0 spiro atoms. The molecule has 15 heavy (non-hydrogen) atoms. The molecule has 5 nitrogen and oxygen atoms in total. The van der Waals surface area contributed by atoms with Crippen molar-refractivity contribution in [2.45, 2.75) is 38.8 Å². The molecule has 0 bridgehead atoms. The first-order chi connectivity index (χ1) is 7.13. The van der Waals surface area contributed by atoms with Crippen molar-refractivity contribution in [1.82, 2.24) is 5.32 Å². The second-order valence-corrected chi connectivity index (χ2v) is 3.36. The molecule has 0 saturated carbocycles. The van der Waals surface area contributed by atoms with E-state index in [1.807, 2.05) is 6.92 Å². The number of carbonyl (C=O) groups excluding carboxylic acids is 1. The van der Waals surface area contributed by atoms with Crippen molar-refractivity contribution in [2.75, 3.05) is 19.8 Å². The molecule has 0 radical (unpaired) electrons. The molecule has 2 atom stereocenters. The molecular weight excluding hydrogens is 198 g/mol. The zero-order chi connectivity index (χ0) is 11.7. The Morgan fingerprint density at radius 1 is 1.47 bits per heavy atom. The van der Waals surface area contributed by atoms with Gasteiger partial charge in [0.2, 0.25) is 0 Å². The predicted molar refractivity (Wildman–Crippen MR) is 56.4 cm³/mol. The van der Waals surface area contributed by atoms with Crippen LogP contribution in [0.3, 0.4) is 0 Å². The van der Waals surface area contributed by atoms with Gasteiger partial charge < -0.3 is 20.3 Å². The quantitative estimate of drug-likeness (QED) is 0.487.